The number of alkyl halides is 2. The molecule has 8 heteroatoms. The van der Waals surface area contributed by atoms with Crippen LogP contribution in [0.5, 0.6) is 17.2 Å². The lowest BCUT2D eigenvalue weighted by molar-refractivity contribution is -0.286. The van der Waals surface area contributed by atoms with Crippen molar-refractivity contribution in [2.24, 2.45) is 0 Å². The average molecular weight is 323 g/mol. The van der Waals surface area contributed by atoms with Crippen molar-refractivity contribution in [3.05, 3.63) is 35.7 Å². The topological polar surface area (TPSA) is 77.9 Å². The minimum atomic E-state index is -3.82. The summed E-state index contributed by atoms with van der Waals surface area (Å²) in [5, 5.41) is 9.38. The Kier molecular flexibility index (Phi) is 3.32. The van der Waals surface area contributed by atoms with Crippen LogP contribution in [0.15, 0.2) is 24.4 Å². The van der Waals surface area contributed by atoms with Gasteiger partial charge in [0, 0.05) is 16.8 Å². The Hall–Kier alpha value is -2.90. The number of hydrogen-bond donors (Lipinski definition) is 1. The molecule has 3 rings (SSSR count). The van der Waals surface area contributed by atoms with E-state index in [1.807, 2.05) is 0 Å². The standard InChI is InChI=1S/C15H11F2NO5/c1-7-3-9(13(21-2)6-18-7)8-4-11-12(5-10(8)14(19)20)23-15(16,17)22-11/h3-6H,1-2H3,(H,19,20). The first-order valence-electron chi connectivity index (χ1n) is 6.49. The van der Waals surface area contributed by atoms with Crippen molar-refractivity contribution < 1.29 is 32.9 Å². The van der Waals surface area contributed by atoms with Gasteiger partial charge in [0.05, 0.1) is 18.9 Å². The molecule has 0 aliphatic carbocycles. The molecule has 0 radical (unpaired) electrons. The molecule has 2 aromatic rings. The molecule has 1 aromatic carbocycles. The normalized spacial score (nSPS) is 14.6. The third-order valence-electron chi connectivity index (χ3n) is 3.29. The van der Waals surface area contributed by atoms with Gasteiger partial charge in [0.1, 0.15) is 5.75 Å². The van der Waals surface area contributed by atoms with E-state index >= 15 is 0 Å². The summed E-state index contributed by atoms with van der Waals surface area (Å²) in [4.78, 5) is 15.6. The van der Waals surface area contributed by atoms with Gasteiger partial charge in [-0.05, 0) is 25.1 Å². The number of benzene rings is 1. The van der Waals surface area contributed by atoms with Crippen molar-refractivity contribution in [3.8, 4) is 28.4 Å². The van der Waals surface area contributed by atoms with Crippen LogP contribution in [0.25, 0.3) is 11.1 Å². The van der Waals surface area contributed by atoms with E-state index in [-0.39, 0.29) is 22.6 Å². The summed E-state index contributed by atoms with van der Waals surface area (Å²) in [6.07, 6.45) is -2.40. The number of aromatic nitrogens is 1. The number of ether oxygens (including phenoxy) is 3. The zero-order chi connectivity index (χ0) is 16.8. The summed E-state index contributed by atoms with van der Waals surface area (Å²) < 4.78 is 40.2. The molecular weight excluding hydrogens is 312 g/mol. The summed E-state index contributed by atoms with van der Waals surface area (Å²) in [6, 6.07) is 3.79. The first kappa shape index (κ1) is 15.0. The SMILES string of the molecule is COc1cnc(C)cc1-c1cc2c(cc1C(=O)O)OC(F)(F)O2. The number of fused-ring (bicyclic) bond motifs is 1. The highest BCUT2D eigenvalue weighted by molar-refractivity contribution is 5.98. The number of carbonyl (C=O) groups is 1. The highest BCUT2D eigenvalue weighted by Crippen LogP contribution is 2.46. The van der Waals surface area contributed by atoms with Gasteiger partial charge in [0.15, 0.2) is 11.5 Å². The maximum atomic E-state index is 13.2. The Bertz CT molecular complexity index is 807. The van der Waals surface area contributed by atoms with Crippen LogP contribution < -0.4 is 14.2 Å². The fourth-order valence-electron chi connectivity index (χ4n) is 2.32. The smallest absolute Gasteiger partial charge is 0.494 e. The predicted molar refractivity (Wildman–Crippen MR) is 74.1 cm³/mol. The third-order valence-corrected chi connectivity index (χ3v) is 3.29. The summed E-state index contributed by atoms with van der Waals surface area (Å²) in [7, 11) is 1.40. The third kappa shape index (κ3) is 2.63. The minimum absolute atomic E-state index is 0.167. The van der Waals surface area contributed by atoms with E-state index in [1.54, 1.807) is 13.0 Å². The first-order chi connectivity index (χ1) is 10.8. The lowest BCUT2D eigenvalue weighted by Crippen LogP contribution is -2.25. The molecule has 0 atom stereocenters. The molecule has 0 fully saturated rings. The summed E-state index contributed by atoms with van der Waals surface area (Å²) >= 11 is 0. The second-order valence-electron chi connectivity index (χ2n) is 4.84. The zero-order valence-electron chi connectivity index (χ0n) is 12.1. The van der Waals surface area contributed by atoms with E-state index in [0.717, 1.165) is 6.07 Å². The molecular formula is C15H11F2NO5. The summed E-state index contributed by atoms with van der Waals surface area (Å²) in [5.41, 5.74) is 0.966. The monoisotopic (exact) mass is 323 g/mol. The van der Waals surface area contributed by atoms with Crippen molar-refractivity contribution >= 4 is 5.97 Å². The van der Waals surface area contributed by atoms with Crippen LogP contribution in [0.1, 0.15) is 16.1 Å². The number of halogens is 2. The van der Waals surface area contributed by atoms with Crippen LogP contribution in [-0.4, -0.2) is 29.5 Å². The highest BCUT2D eigenvalue weighted by Gasteiger charge is 2.44. The van der Waals surface area contributed by atoms with Crippen molar-refractivity contribution in [2.45, 2.75) is 13.2 Å². The quantitative estimate of drug-likeness (QED) is 0.935. The van der Waals surface area contributed by atoms with E-state index in [9.17, 15) is 18.7 Å². The number of aryl methyl sites for hydroxylation is 1. The molecule has 2 heterocycles. The van der Waals surface area contributed by atoms with Gasteiger partial charge in [-0.3, -0.25) is 4.98 Å². The number of rotatable bonds is 3. The molecule has 1 aliphatic heterocycles. The van der Waals surface area contributed by atoms with E-state index < -0.39 is 12.3 Å². The maximum Gasteiger partial charge on any atom is 0.586 e. The molecule has 0 saturated carbocycles. The molecule has 0 saturated heterocycles. The first-order valence-corrected chi connectivity index (χ1v) is 6.49. The van der Waals surface area contributed by atoms with Crippen LogP contribution in [0.4, 0.5) is 8.78 Å². The van der Waals surface area contributed by atoms with E-state index in [0.29, 0.717) is 17.0 Å². The van der Waals surface area contributed by atoms with Gasteiger partial charge < -0.3 is 19.3 Å². The Morgan fingerprint density at radius 3 is 2.48 bits per heavy atom. The van der Waals surface area contributed by atoms with Gasteiger partial charge in [-0.25, -0.2) is 4.79 Å². The highest BCUT2D eigenvalue weighted by atomic mass is 19.3. The summed E-state index contributed by atoms with van der Waals surface area (Å²) in [6.45, 7) is 1.71. The molecule has 1 aliphatic rings. The van der Waals surface area contributed by atoms with Crippen LogP contribution in [0, 0.1) is 6.92 Å². The average Bonchev–Trinajstić information content (AvgIpc) is 2.78. The van der Waals surface area contributed by atoms with Crippen LogP contribution in [0.2, 0.25) is 0 Å². The Balaban J connectivity index is 2.24. The number of pyridine rings is 1. The second kappa shape index (κ2) is 5.08. The fraction of sp³-hybridized carbons (Fsp3) is 0.200. The number of hydrogen-bond acceptors (Lipinski definition) is 5. The van der Waals surface area contributed by atoms with Crippen molar-refractivity contribution in [1.29, 1.82) is 0 Å². The predicted octanol–water partition coefficient (Wildman–Crippen LogP) is 3.09. The Morgan fingerprint density at radius 2 is 1.87 bits per heavy atom. The second-order valence-corrected chi connectivity index (χ2v) is 4.84. The van der Waals surface area contributed by atoms with Crippen LogP contribution in [0.3, 0.4) is 0 Å². The summed E-state index contributed by atoms with van der Waals surface area (Å²) in [5.74, 6) is -1.56. The van der Waals surface area contributed by atoms with E-state index in [2.05, 4.69) is 14.5 Å². The van der Waals surface area contributed by atoms with Crippen LogP contribution in [-0.2, 0) is 0 Å². The number of nitrogens with zero attached hydrogens (tertiary/aromatic N) is 1. The number of carboxylic acid groups (broad SMARTS) is 1. The number of carboxylic acids is 1. The zero-order valence-corrected chi connectivity index (χ0v) is 12.1. The van der Waals surface area contributed by atoms with Gasteiger partial charge in [0.2, 0.25) is 0 Å². The Labute approximate surface area is 129 Å². The lowest BCUT2D eigenvalue weighted by atomic mass is 9.98. The molecule has 120 valence electrons. The van der Waals surface area contributed by atoms with Gasteiger partial charge in [0.25, 0.3) is 0 Å². The molecule has 23 heavy (non-hydrogen) atoms. The molecule has 6 nitrogen and oxygen atoms in total. The molecule has 0 amide bonds. The maximum absolute atomic E-state index is 13.2. The molecule has 0 bridgehead atoms. The van der Waals surface area contributed by atoms with Crippen molar-refractivity contribution in [2.75, 3.05) is 7.11 Å². The van der Waals surface area contributed by atoms with E-state index in [1.165, 1.54) is 19.4 Å². The largest absolute Gasteiger partial charge is 0.586 e. The van der Waals surface area contributed by atoms with Gasteiger partial charge in [-0.2, -0.15) is 0 Å². The van der Waals surface area contributed by atoms with E-state index in [4.69, 9.17) is 4.74 Å². The minimum Gasteiger partial charge on any atom is -0.494 e. The van der Waals surface area contributed by atoms with Gasteiger partial charge >= 0.3 is 12.3 Å². The molecule has 1 aromatic heterocycles. The number of aromatic carboxylic acids is 1. The fourth-order valence-corrected chi connectivity index (χ4v) is 2.32. The van der Waals surface area contributed by atoms with Crippen molar-refractivity contribution in [1.82, 2.24) is 4.98 Å². The van der Waals surface area contributed by atoms with Crippen LogP contribution >= 0.6 is 0 Å². The van der Waals surface area contributed by atoms with Gasteiger partial charge in [-0.1, -0.05) is 0 Å². The molecule has 0 spiro atoms. The lowest BCUT2D eigenvalue weighted by Gasteiger charge is -2.12. The van der Waals surface area contributed by atoms with Gasteiger partial charge in [-0.15, -0.1) is 8.78 Å². The molecule has 1 N–H and O–H groups in total. The Morgan fingerprint density at radius 1 is 1.22 bits per heavy atom. The molecule has 0 unspecified atom stereocenters. The van der Waals surface area contributed by atoms with Crippen molar-refractivity contribution in [3.63, 3.8) is 0 Å². The number of methoxy groups -OCH3 is 1.